The zero-order valence-corrected chi connectivity index (χ0v) is 14.9. The van der Waals surface area contributed by atoms with Crippen molar-refractivity contribution >= 4 is 0 Å². The third-order valence-electron chi connectivity index (χ3n) is 4.31. The van der Waals surface area contributed by atoms with Crippen LogP contribution in [0.2, 0.25) is 0 Å². The van der Waals surface area contributed by atoms with Crippen LogP contribution in [0.3, 0.4) is 0 Å². The third-order valence-corrected chi connectivity index (χ3v) is 4.31. The zero-order chi connectivity index (χ0) is 28.6. The highest BCUT2D eigenvalue weighted by molar-refractivity contribution is 5.19. The van der Waals surface area contributed by atoms with Gasteiger partial charge in [-0.15, -0.1) is 0 Å². The van der Waals surface area contributed by atoms with E-state index in [1.165, 1.54) is 0 Å². The van der Waals surface area contributed by atoms with Gasteiger partial charge in [-0.2, -0.15) is 92.2 Å². The van der Waals surface area contributed by atoms with E-state index in [1.54, 1.807) is 0 Å². The molecule has 0 N–H and O–H groups in total. The molecule has 0 rings (SSSR count). The lowest BCUT2D eigenvalue weighted by atomic mass is 9.70. The van der Waals surface area contributed by atoms with E-state index in [0.29, 0.717) is 0 Å². The lowest BCUT2D eigenvalue weighted by Gasteiger charge is -2.48. The standard InChI is InChI=1S/C12H4F22/c1-2(13)3(10(26,27)28,11(29,30)31)4(14,15)5(16,17)6(18,19)7(20,21)8(22,23)9(24,25)12(32,33)34/h2H,1H3. The van der Waals surface area contributed by atoms with E-state index < -0.39 is 72.6 Å². The largest absolute Gasteiger partial charge is 0.460 e. The van der Waals surface area contributed by atoms with Gasteiger partial charge in [0, 0.05) is 0 Å². The maximum atomic E-state index is 13.8. The summed E-state index contributed by atoms with van der Waals surface area (Å²) in [5.74, 6) is -54.0. The van der Waals surface area contributed by atoms with Crippen molar-refractivity contribution in [3.63, 3.8) is 0 Å². The van der Waals surface area contributed by atoms with Crippen molar-refractivity contribution in [3.8, 4) is 0 Å². The first kappa shape index (κ1) is 32.5. The van der Waals surface area contributed by atoms with Crippen molar-refractivity contribution in [1.29, 1.82) is 0 Å². The van der Waals surface area contributed by atoms with Crippen LogP contribution in [0.5, 0.6) is 0 Å². The minimum absolute atomic E-state index is 1.28. The molecule has 34 heavy (non-hydrogen) atoms. The fraction of sp³-hybridized carbons (Fsp3) is 1.00. The molecule has 0 amide bonds. The summed E-state index contributed by atoms with van der Waals surface area (Å²) in [5, 5.41) is 0. The Morgan fingerprint density at radius 2 is 0.529 bits per heavy atom. The monoisotopic (exact) mass is 566 g/mol. The lowest BCUT2D eigenvalue weighted by Crippen LogP contribution is -2.78. The lowest BCUT2D eigenvalue weighted by molar-refractivity contribution is -0.489. The quantitative estimate of drug-likeness (QED) is 0.276. The maximum absolute atomic E-state index is 13.8. The number of hydrogen-bond donors (Lipinski definition) is 0. The molecule has 1 atom stereocenters. The molecule has 0 aliphatic heterocycles. The van der Waals surface area contributed by atoms with Gasteiger partial charge in [0.25, 0.3) is 5.41 Å². The molecule has 0 saturated carbocycles. The summed E-state index contributed by atoms with van der Waals surface area (Å²) in [5.41, 5.74) is -8.10. The molecule has 0 aromatic heterocycles. The molecule has 0 saturated heterocycles. The van der Waals surface area contributed by atoms with Gasteiger partial charge in [0.1, 0.15) is 6.17 Å². The molecule has 0 aromatic rings. The van der Waals surface area contributed by atoms with Crippen LogP contribution in [0, 0.1) is 5.41 Å². The SMILES string of the molecule is CC(F)C(C(F)(F)F)(C(F)(F)F)C(F)(F)C(F)(F)C(F)(F)C(F)(F)C(F)(F)C(F)(F)C(F)(F)F. The molecule has 0 aliphatic rings. The molecule has 0 fully saturated rings. The normalized spacial score (nSPS) is 17.7. The van der Waals surface area contributed by atoms with E-state index in [1.807, 2.05) is 0 Å². The van der Waals surface area contributed by atoms with Gasteiger partial charge in [-0.25, -0.2) is 4.39 Å². The molecule has 0 aromatic carbocycles. The second-order valence-electron chi connectivity index (χ2n) is 6.36. The Morgan fingerprint density at radius 3 is 0.706 bits per heavy atom. The average Bonchev–Trinajstić information content (AvgIpc) is 2.49. The minimum Gasteiger partial charge on any atom is -0.246 e. The molecule has 0 bridgehead atoms. The van der Waals surface area contributed by atoms with Crippen molar-refractivity contribution in [1.82, 2.24) is 0 Å². The summed E-state index contributed by atoms with van der Waals surface area (Å²) in [4.78, 5) is 0. The molecule has 0 heterocycles. The van der Waals surface area contributed by atoms with Gasteiger partial charge in [-0.05, 0) is 6.92 Å². The highest BCUT2D eigenvalue weighted by Crippen LogP contribution is 2.70. The van der Waals surface area contributed by atoms with Gasteiger partial charge in [0.15, 0.2) is 0 Å². The minimum atomic E-state index is -9.25. The Balaban J connectivity index is 7.49. The summed E-state index contributed by atoms with van der Waals surface area (Å²) in [6.07, 6.45) is -29.9. The smallest absolute Gasteiger partial charge is 0.246 e. The maximum Gasteiger partial charge on any atom is 0.460 e. The van der Waals surface area contributed by atoms with E-state index in [4.69, 9.17) is 0 Å². The van der Waals surface area contributed by atoms with Crippen LogP contribution >= 0.6 is 0 Å². The Labute approximate surface area is 170 Å². The van der Waals surface area contributed by atoms with Crippen molar-refractivity contribution in [2.24, 2.45) is 5.41 Å². The first-order valence-corrected chi connectivity index (χ1v) is 7.30. The van der Waals surface area contributed by atoms with Crippen molar-refractivity contribution in [2.75, 3.05) is 0 Å². The fourth-order valence-corrected chi connectivity index (χ4v) is 2.43. The predicted molar refractivity (Wildman–Crippen MR) is 60.8 cm³/mol. The first-order valence-electron chi connectivity index (χ1n) is 7.30. The van der Waals surface area contributed by atoms with E-state index in [-0.39, 0.29) is 0 Å². The predicted octanol–water partition coefficient (Wildman–Crippen LogP) is 7.83. The van der Waals surface area contributed by atoms with Crippen LogP contribution in [0.1, 0.15) is 6.92 Å². The fourth-order valence-electron chi connectivity index (χ4n) is 2.43. The molecular weight excluding hydrogens is 562 g/mol. The Hall–Kier alpha value is -1.54. The third kappa shape index (κ3) is 3.62. The van der Waals surface area contributed by atoms with Crippen molar-refractivity contribution in [3.05, 3.63) is 0 Å². The number of hydrogen-bond acceptors (Lipinski definition) is 0. The van der Waals surface area contributed by atoms with Crippen LogP contribution in [-0.2, 0) is 0 Å². The zero-order valence-electron chi connectivity index (χ0n) is 14.9. The topological polar surface area (TPSA) is 0 Å². The second-order valence-corrected chi connectivity index (χ2v) is 6.36. The number of halogens is 22. The summed E-state index contributed by atoms with van der Waals surface area (Å²) in [6.45, 7) is -1.28. The van der Waals surface area contributed by atoms with Gasteiger partial charge in [-0.3, -0.25) is 0 Å². The van der Waals surface area contributed by atoms with Gasteiger partial charge < -0.3 is 0 Å². The van der Waals surface area contributed by atoms with Crippen LogP contribution in [-0.4, -0.2) is 60.2 Å². The molecule has 0 radical (unpaired) electrons. The van der Waals surface area contributed by atoms with E-state index >= 15 is 0 Å². The molecule has 0 spiro atoms. The number of rotatable bonds is 7. The van der Waals surface area contributed by atoms with Crippen LogP contribution in [0.15, 0.2) is 0 Å². The van der Waals surface area contributed by atoms with Gasteiger partial charge >= 0.3 is 54.1 Å². The summed E-state index contributed by atoms with van der Waals surface area (Å²) >= 11 is 0. The summed E-state index contributed by atoms with van der Waals surface area (Å²) < 4.78 is 285. The van der Waals surface area contributed by atoms with Gasteiger partial charge in [0.05, 0.1) is 0 Å². The average molecular weight is 566 g/mol. The Kier molecular flexibility index (Phi) is 7.38. The highest BCUT2D eigenvalue weighted by Gasteiger charge is 2.99. The first-order chi connectivity index (χ1) is 14.2. The summed E-state index contributed by atoms with van der Waals surface area (Å²) in [7, 11) is 0. The van der Waals surface area contributed by atoms with Crippen LogP contribution < -0.4 is 0 Å². The van der Waals surface area contributed by atoms with Gasteiger partial charge in [0.2, 0.25) is 0 Å². The van der Waals surface area contributed by atoms with Crippen LogP contribution in [0.4, 0.5) is 96.6 Å². The Morgan fingerprint density at radius 1 is 0.324 bits per heavy atom. The Bertz CT molecular complexity index is 714. The number of alkyl halides is 22. The second kappa shape index (κ2) is 7.73. The molecule has 1 unspecified atom stereocenters. The van der Waals surface area contributed by atoms with E-state index in [0.717, 1.165) is 0 Å². The molecule has 0 nitrogen and oxygen atoms in total. The molecule has 22 heteroatoms. The summed E-state index contributed by atoms with van der Waals surface area (Å²) in [6, 6.07) is 0. The highest BCUT2D eigenvalue weighted by atomic mass is 19.4. The molecule has 0 aliphatic carbocycles. The van der Waals surface area contributed by atoms with E-state index in [9.17, 15) is 96.6 Å². The molecule has 206 valence electrons. The molecular formula is C12H4F22. The van der Waals surface area contributed by atoms with E-state index in [2.05, 4.69) is 0 Å². The van der Waals surface area contributed by atoms with Crippen molar-refractivity contribution in [2.45, 2.75) is 67.2 Å². The van der Waals surface area contributed by atoms with Gasteiger partial charge in [-0.1, -0.05) is 0 Å². The van der Waals surface area contributed by atoms with Crippen LogP contribution in [0.25, 0.3) is 0 Å². The van der Waals surface area contributed by atoms with Crippen molar-refractivity contribution < 1.29 is 96.6 Å².